The number of aryl methyl sites for hydroxylation is 1. The van der Waals surface area contributed by atoms with E-state index in [-0.39, 0.29) is 0 Å². The van der Waals surface area contributed by atoms with Crippen LogP contribution in [0.2, 0.25) is 0 Å². The molecule has 1 aliphatic heterocycles. The predicted molar refractivity (Wildman–Crippen MR) is 71.8 cm³/mol. The van der Waals surface area contributed by atoms with E-state index in [0.29, 0.717) is 5.82 Å². The summed E-state index contributed by atoms with van der Waals surface area (Å²) in [7, 11) is 0. The minimum Gasteiger partial charge on any atom is -0.382 e. The number of hydrogen-bond acceptors (Lipinski definition) is 3. The average molecular weight is 242 g/mol. The van der Waals surface area contributed by atoms with E-state index in [0.717, 1.165) is 32.6 Å². The van der Waals surface area contributed by atoms with Crippen LogP contribution in [0.1, 0.15) is 17.5 Å². The van der Waals surface area contributed by atoms with Gasteiger partial charge in [-0.15, -0.1) is 0 Å². The Hall–Kier alpha value is -1.81. The molecule has 0 spiro atoms. The molecule has 94 valence electrons. The number of nitrogens with zero attached hydrogens (tertiary/aromatic N) is 3. The number of fused-ring (bicyclic) bond motifs is 1. The van der Waals surface area contributed by atoms with Gasteiger partial charge in [-0.2, -0.15) is 5.10 Å². The lowest BCUT2D eigenvalue weighted by atomic mass is 10.1. The Morgan fingerprint density at radius 2 is 1.78 bits per heavy atom. The highest BCUT2D eigenvalue weighted by Gasteiger charge is 2.17. The first-order valence-corrected chi connectivity index (χ1v) is 6.39. The summed E-state index contributed by atoms with van der Waals surface area (Å²) in [6.45, 7) is 4.20. The van der Waals surface area contributed by atoms with Crippen molar-refractivity contribution in [2.24, 2.45) is 0 Å². The summed E-state index contributed by atoms with van der Waals surface area (Å²) in [5.41, 5.74) is 8.53. The van der Waals surface area contributed by atoms with Gasteiger partial charge in [0.25, 0.3) is 0 Å². The molecule has 1 aromatic heterocycles. The third kappa shape index (κ3) is 2.38. The zero-order valence-corrected chi connectivity index (χ0v) is 10.4. The number of nitrogen functional groups attached to an aromatic ring is 1. The molecule has 3 rings (SSSR count). The van der Waals surface area contributed by atoms with E-state index in [1.165, 1.54) is 11.1 Å². The molecule has 1 aliphatic rings. The molecule has 0 unspecified atom stereocenters. The van der Waals surface area contributed by atoms with Crippen LogP contribution in [0.3, 0.4) is 0 Å². The Balaban J connectivity index is 1.48. The lowest BCUT2D eigenvalue weighted by Crippen LogP contribution is -2.19. The Morgan fingerprint density at radius 1 is 1.06 bits per heavy atom. The van der Waals surface area contributed by atoms with E-state index in [1.807, 2.05) is 16.9 Å². The van der Waals surface area contributed by atoms with Crippen LogP contribution in [-0.4, -0.2) is 21.2 Å². The fraction of sp³-hybridized carbons (Fsp3) is 0.357. The molecule has 0 saturated heterocycles. The molecule has 1 aromatic carbocycles. The molecule has 0 fully saturated rings. The van der Waals surface area contributed by atoms with Crippen molar-refractivity contribution in [2.45, 2.75) is 26.1 Å². The zero-order valence-electron chi connectivity index (χ0n) is 10.4. The van der Waals surface area contributed by atoms with Gasteiger partial charge in [0.05, 0.1) is 0 Å². The molecule has 0 bridgehead atoms. The van der Waals surface area contributed by atoms with Crippen molar-refractivity contribution in [2.75, 3.05) is 12.3 Å². The highest BCUT2D eigenvalue weighted by atomic mass is 15.3. The van der Waals surface area contributed by atoms with Crippen molar-refractivity contribution in [3.05, 3.63) is 47.7 Å². The third-order valence-corrected chi connectivity index (χ3v) is 3.43. The standard InChI is InChI=1S/C14H18N4/c15-14-6-9-18(16-14)8-3-7-17-10-12-4-1-2-5-13(12)11-17/h1-2,4-6,9H,3,7-8,10-11H2,(H2,15,16). The van der Waals surface area contributed by atoms with Crippen molar-refractivity contribution in [3.8, 4) is 0 Å². The molecule has 0 saturated carbocycles. The highest BCUT2D eigenvalue weighted by Crippen LogP contribution is 2.22. The number of aromatic nitrogens is 2. The number of nitrogens with two attached hydrogens (primary N) is 1. The molecule has 0 radical (unpaired) electrons. The molecule has 2 heterocycles. The van der Waals surface area contributed by atoms with Gasteiger partial charge in [-0.05, 0) is 23.6 Å². The fourth-order valence-electron chi connectivity index (χ4n) is 2.52. The second-order valence-electron chi connectivity index (χ2n) is 4.84. The summed E-state index contributed by atoms with van der Waals surface area (Å²) in [5, 5.41) is 4.19. The first-order valence-electron chi connectivity index (χ1n) is 6.39. The van der Waals surface area contributed by atoms with Gasteiger partial charge >= 0.3 is 0 Å². The molecule has 0 atom stereocenters. The van der Waals surface area contributed by atoms with Gasteiger partial charge in [0.15, 0.2) is 0 Å². The van der Waals surface area contributed by atoms with Crippen molar-refractivity contribution in [1.82, 2.24) is 14.7 Å². The van der Waals surface area contributed by atoms with E-state index in [9.17, 15) is 0 Å². The minimum absolute atomic E-state index is 0.601. The summed E-state index contributed by atoms with van der Waals surface area (Å²) in [4.78, 5) is 2.48. The van der Waals surface area contributed by atoms with Gasteiger partial charge < -0.3 is 5.73 Å². The maximum absolute atomic E-state index is 5.59. The highest BCUT2D eigenvalue weighted by molar-refractivity contribution is 5.30. The lowest BCUT2D eigenvalue weighted by Gasteiger charge is -2.14. The number of benzene rings is 1. The lowest BCUT2D eigenvalue weighted by molar-refractivity contribution is 0.272. The van der Waals surface area contributed by atoms with Crippen molar-refractivity contribution >= 4 is 5.82 Å². The molecule has 0 aliphatic carbocycles. The van der Waals surface area contributed by atoms with Crippen LogP contribution < -0.4 is 5.73 Å². The molecule has 4 nitrogen and oxygen atoms in total. The maximum atomic E-state index is 5.59. The minimum atomic E-state index is 0.601. The molecular weight excluding hydrogens is 224 g/mol. The van der Waals surface area contributed by atoms with Crippen LogP contribution in [-0.2, 0) is 19.6 Å². The van der Waals surface area contributed by atoms with Crippen LogP contribution in [0, 0.1) is 0 Å². The van der Waals surface area contributed by atoms with Gasteiger partial charge in [0.1, 0.15) is 5.82 Å². The zero-order chi connectivity index (χ0) is 12.4. The van der Waals surface area contributed by atoms with E-state index in [1.54, 1.807) is 0 Å². The van der Waals surface area contributed by atoms with Crippen LogP contribution in [0.5, 0.6) is 0 Å². The van der Waals surface area contributed by atoms with Gasteiger partial charge in [0.2, 0.25) is 0 Å². The first kappa shape index (κ1) is 11.3. The quantitative estimate of drug-likeness (QED) is 0.890. The Bertz CT molecular complexity index is 507. The molecule has 0 amide bonds. The first-order chi connectivity index (χ1) is 8.81. The molecule has 4 heteroatoms. The van der Waals surface area contributed by atoms with Crippen molar-refractivity contribution < 1.29 is 0 Å². The van der Waals surface area contributed by atoms with Crippen LogP contribution in [0.4, 0.5) is 5.82 Å². The number of hydrogen-bond donors (Lipinski definition) is 1. The Morgan fingerprint density at radius 3 is 2.39 bits per heavy atom. The third-order valence-electron chi connectivity index (χ3n) is 3.43. The van der Waals surface area contributed by atoms with Gasteiger partial charge in [-0.3, -0.25) is 9.58 Å². The van der Waals surface area contributed by atoms with Crippen molar-refractivity contribution in [3.63, 3.8) is 0 Å². The van der Waals surface area contributed by atoms with E-state index >= 15 is 0 Å². The molecule has 2 aromatic rings. The summed E-state index contributed by atoms with van der Waals surface area (Å²) in [6.07, 6.45) is 3.04. The fourth-order valence-corrected chi connectivity index (χ4v) is 2.52. The van der Waals surface area contributed by atoms with E-state index in [2.05, 4.69) is 34.3 Å². The monoisotopic (exact) mass is 242 g/mol. The van der Waals surface area contributed by atoms with Crippen LogP contribution in [0.15, 0.2) is 36.5 Å². The number of anilines is 1. The topological polar surface area (TPSA) is 47.1 Å². The largest absolute Gasteiger partial charge is 0.382 e. The van der Waals surface area contributed by atoms with Crippen LogP contribution in [0.25, 0.3) is 0 Å². The normalized spacial score (nSPS) is 14.9. The summed E-state index contributed by atoms with van der Waals surface area (Å²) >= 11 is 0. The Labute approximate surface area is 107 Å². The van der Waals surface area contributed by atoms with Gasteiger partial charge in [-0.1, -0.05) is 24.3 Å². The predicted octanol–water partition coefficient (Wildman–Crippen LogP) is 1.87. The van der Waals surface area contributed by atoms with E-state index < -0.39 is 0 Å². The second-order valence-corrected chi connectivity index (χ2v) is 4.84. The maximum Gasteiger partial charge on any atom is 0.145 e. The number of rotatable bonds is 4. The molecule has 2 N–H and O–H groups in total. The van der Waals surface area contributed by atoms with Gasteiger partial charge in [-0.25, -0.2) is 0 Å². The van der Waals surface area contributed by atoms with Crippen LogP contribution >= 0.6 is 0 Å². The summed E-state index contributed by atoms with van der Waals surface area (Å²) in [6, 6.07) is 10.5. The Kier molecular flexibility index (Phi) is 3.02. The van der Waals surface area contributed by atoms with E-state index in [4.69, 9.17) is 5.73 Å². The summed E-state index contributed by atoms with van der Waals surface area (Å²) < 4.78 is 1.92. The second kappa shape index (κ2) is 4.82. The van der Waals surface area contributed by atoms with Gasteiger partial charge in [0, 0.05) is 32.4 Å². The smallest absolute Gasteiger partial charge is 0.145 e. The SMILES string of the molecule is Nc1ccn(CCCN2Cc3ccccc3C2)n1. The molecular formula is C14H18N4. The average Bonchev–Trinajstić information content (AvgIpc) is 2.95. The molecule has 18 heavy (non-hydrogen) atoms. The van der Waals surface area contributed by atoms with Crippen molar-refractivity contribution in [1.29, 1.82) is 0 Å². The summed E-state index contributed by atoms with van der Waals surface area (Å²) in [5.74, 6) is 0.601.